The minimum absolute atomic E-state index is 0.110. The molecular formula is C25H31ClN6O2. The maximum absolute atomic E-state index is 12.1. The first-order valence-corrected chi connectivity index (χ1v) is 12.3. The second-order valence-corrected chi connectivity index (χ2v) is 9.79. The van der Waals surface area contributed by atoms with Crippen LogP contribution < -0.4 is 16.4 Å². The Labute approximate surface area is 204 Å². The van der Waals surface area contributed by atoms with E-state index in [-0.39, 0.29) is 29.7 Å². The maximum Gasteiger partial charge on any atom is 0.229 e. The summed E-state index contributed by atoms with van der Waals surface area (Å²) in [6.45, 7) is 3.78. The van der Waals surface area contributed by atoms with Crippen LogP contribution in [0.15, 0.2) is 36.5 Å². The molecule has 1 amide bonds. The number of hydrogen-bond donors (Lipinski definition) is 3. The van der Waals surface area contributed by atoms with E-state index in [2.05, 4.69) is 55.9 Å². The molecule has 3 aliphatic rings. The summed E-state index contributed by atoms with van der Waals surface area (Å²) in [6.07, 6.45) is 8.79. The van der Waals surface area contributed by atoms with Crippen molar-refractivity contribution >= 4 is 35.0 Å². The van der Waals surface area contributed by atoms with E-state index in [0.717, 1.165) is 51.2 Å². The summed E-state index contributed by atoms with van der Waals surface area (Å²) in [5.41, 5.74) is 9.36. The monoisotopic (exact) mass is 482 g/mol. The Morgan fingerprint density at radius 3 is 2.82 bits per heavy atom. The highest BCUT2D eigenvalue weighted by molar-refractivity contribution is 6.32. The number of nitrogens with two attached hydrogens (primary N) is 1. The number of halogens is 1. The van der Waals surface area contributed by atoms with Crippen LogP contribution in [0.4, 0.5) is 17.5 Å². The smallest absolute Gasteiger partial charge is 0.229 e. The van der Waals surface area contributed by atoms with Crippen LogP contribution in [-0.4, -0.2) is 60.2 Å². The third-order valence-corrected chi connectivity index (χ3v) is 7.58. The van der Waals surface area contributed by atoms with Gasteiger partial charge in [0.05, 0.1) is 18.7 Å². The number of allylic oxidation sites excluding steroid dienone is 1. The first-order chi connectivity index (χ1) is 16.5. The molecule has 0 saturated heterocycles. The fourth-order valence-corrected chi connectivity index (χ4v) is 5.66. The minimum atomic E-state index is -0.288. The Bertz CT molecular complexity index is 1090. The number of aromatic nitrogens is 2. The molecule has 2 aromatic rings. The number of nitrogens with zero attached hydrogens (tertiary/aromatic N) is 3. The summed E-state index contributed by atoms with van der Waals surface area (Å²) in [4.78, 5) is 23.5. The van der Waals surface area contributed by atoms with Crippen LogP contribution in [-0.2, 0) is 22.4 Å². The fraction of sp³-hybridized carbons (Fsp3) is 0.480. The number of fused-ring (bicyclic) bond motifs is 3. The average Bonchev–Trinajstić information content (AvgIpc) is 3.37. The van der Waals surface area contributed by atoms with Gasteiger partial charge in [0, 0.05) is 38.5 Å². The van der Waals surface area contributed by atoms with Crippen molar-refractivity contribution in [3.63, 3.8) is 0 Å². The van der Waals surface area contributed by atoms with Gasteiger partial charge in [-0.15, -0.1) is 0 Å². The number of carbonyl (C=O) groups excluding carboxylic acids is 1. The number of rotatable bonds is 8. The lowest BCUT2D eigenvalue weighted by Crippen LogP contribution is -2.41. The van der Waals surface area contributed by atoms with Crippen molar-refractivity contribution in [2.45, 2.75) is 25.3 Å². The predicted molar refractivity (Wildman–Crippen MR) is 133 cm³/mol. The van der Waals surface area contributed by atoms with Crippen LogP contribution >= 0.6 is 11.6 Å². The molecule has 4 atom stereocenters. The van der Waals surface area contributed by atoms with Gasteiger partial charge < -0.3 is 26.0 Å². The summed E-state index contributed by atoms with van der Waals surface area (Å²) in [7, 11) is 1.75. The number of amides is 1. The number of anilines is 3. The Morgan fingerprint density at radius 1 is 1.24 bits per heavy atom. The van der Waals surface area contributed by atoms with Crippen molar-refractivity contribution in [2.75, 3.05) is 44.0 Å². The number of ether oxygens (including phenoxy) is 1. The zero-order valence-corrected chi connectivity index (χ0v) is 20.1. The minimum Gasteiger partial charge on any atom is -0.383 e. The van der Waals surface area contributed by atoms with Crippen molar-refractivity contribution in [1.29, 1.82) is 0 Å². The summed E-state index contributed by atoms with van der Waals surface area (Å²) in [5, 5.41) is 7.12. The van der Waals surface area contributed by atoms with E-state index in [9.17, 15) is 4.79 Å². The van der Waals surface area contributed by atoms with Crippen LogP contribution in [0, 0.1) is 17.8 Å². The second-order valence-electron chi connectivity index (χ2n) is 9.38. The topological polar surface area (TPSA) is 105 Å². The first kappa shape index (κ1) is 23.1. The largest absolute Gasteiger partial charge is 0.383 e. The first-order valence-electron chi connectivity index (χ1n) is 11.9. The number of carbonyl (C=O) groups is 1. The lowest BCUT2D eigenvalue weighted by atomic mass is 9.88. The number of methoxy groups -OCH3 is 1. The molecule has 0 radical (unpaired) electrons. The second kappa shape index (κ2) is 9.90. The van der Waals surface area contributed by atoms with Gasteiger partial charge in [0.15, 0.2) is 5.82 Å². The van der Waals surface area contributed by atoms with E-state index in [0.29, 0.717) is 16.8 Å². The Morgan fingerprint density at radius 2 is 2.03 bits per heavy atom. The van der Waals surface area contributed by atoms with E-state index in [4.69, 9.17) is 22.1 Å². The SMILES string of the molecule is COCCN1CCc2ccc(Nc3ncc(Cl)c(NC4C5C=CC(C5)C4C(N)=O)n3)cc2CC1. The Kier molecular flexibility index (Phi) is 6.72. The van der Waals surface area contributed by atoms with Gasteiger partial charge in [0.1, 0.15) is 5.02 Å². The molecule has 180 valence electrons. The zero-order valence-electron chi connectivity index (χ0n) is 19.3. The quantitative estimate of drug-likeness (QED) is 0.496. The highest BCUT2D eigenvalue weighted by Crippen LogP contribution is 2.45. The third kappa shape index (κ3) is 4.76. The lowest BCUT2D eigenvalue weighted by Gasteiger charge is -2.27. The molecule has 2 aliphatic carbocycles. The molecule has 1 fully saturated rings. The Balaban J connectivity index is 1.29. The van der Waals surface area contributed by atoms with Crippen molar-refractivity contribution in [2.24, 2.45) is 23.5 Å². The number of nitrogens with one attached hydrogen (secondary N) is 2. The van der Waals surface area contributed by atoms with Crippen LogP contribution in [0.1, 0.15) is 17.5 Å². The molecule has 1 aliphatic heterocycles. The molecule has 1 saturated carbocycles. The molecule has 2 heterocycles. The maximum atomic E-state index is 12.1. The molecule has 5 rings (SSSR count). The molecule has 34 heavy (non-hydrogen) atoms. The highest BCUT2D eigenvalue weighted by atomic mass is 35.5. The van der Waals surface area contributed by atoms with Gasteiger partial charge in [-0.3, -0.25) is 4.79 Å². The van der Waals surface area contributed by atoms with Crippen molar-refractivity contribution in [1.82, 2.24) is 14.9 Å². The Hall–Kier alpha value is -2.68. The van der Waals surface area contributed by atoms with Crippen LogP contribution in [0.3, 0.4) is 0 Å². The molecule has 2 bridgehead atoms. The molecule has 1 aromatic carbocycles. The number of benzene rings is 1. The summed E-state index contributed by atoms with van der Waals surface area (Å²) in [6, 6.07) is 6.33. The van der Waals surface area contributed by atoms with E-state index < -0.39 is 0 Å². The normalized spacial score (nSPS) is 25.7. The highest BCUT2D eigenvalue weighted by Gasteiger charge is 2.47. The molecule has 4 unspecified atom stereocenters. The number of primary amides is 1. The lowest BCUT2D eigenvalue weighted by molar-refractivity contribution is -0.122. The summed E-state index contributed by atoms with van der Waals surface area (Å²) < 4.78 is 5.23. The van der Waals surface area contributed by atoms with Gasteiger partial charge >= 0.3 is 0 Å². The average molecular weight is 483 g/mol. The van der Waals surface area contributed by atoms with Gasteiger partial charge in [-0.2, -0.15) is 4.98 Å². The van der Waals surface area contributed by atoms with Gasteiger partial charge in [-0.25, -0.2) is 4.98 Å². The van der Waals surface area contributed by atoms with Gasteiger partial charge in [-0.05, 0) is 54.4 Å². The fourth-order valence-electron chi connectivity index (χ4n) is 5.52. The summed E-state index contributed by atoms with van der Waals surface area (Å²) >= 11 is 6.41. The molecule has 4 N–H and O–H groups in total. The van der Waals surface area contributed by atoms with E-state index in [1.54, 1.807) is 13.3 Å². The van der Waals surface area contributed by atoms with Crippen LogP contribution in [0.25, 0.3) is 0 Å². The predicted octanol–water partition coefficient (Wildman–Crippen LogP) is 3.01. The van der Waals surface area contributed by atoms with Crippen LogP contribution in [0.2, 0.25) is 5.02 Å². The van der Waals surface area contributed by atoms with Crippen LogP contribution in [0.5, 0.6) is 0 Å². The third-order valence-electron chi connectivity index (χ3n) is 7.30. The molecule has 0 spiro atoms. The van der Waals surface area contributed by atoms with E-state index in [1.807, 2.05) is 0 Å². The molecular weight excluding hydrogens is 452 g/mol. The van der Waals surface area contributed by atoms with Crippen molar-refractivity contribution in [3.05, 3.63) is 52.7 Å². The van der Waals surface area contributed by atoms with Crippen molar-refractivity contribution in [3.8, 4) is 0 Å². The van der Waals surface area contributed by atoms with E-state index >= 15 is 0 Å². The van der Waals surface area contributed by atoms with Gasteiger partial charge in [-0.1, -0.05) is 29.8 Å². The standard InChI is InChI=1S/C25H31ClN6O2/c1-34-11-10-32-8-6-15-4-5-19(13-16(15)7-9-32)29-25-28-14-20(26)24(31-25)30-22-18-3-2-17(12-18)21(22)23(27)33/h2-5,13-14,17-18,21-22H,6-12H2,1H3,(H2,27,33)(H2,28,29,30,31). The number of hydrogen-bond acceptors (Lipinski definition) is 7. The molecule has 9 heteroatoms. The van der Waals surface area contributed by atoms with E-state index in [1.165, 1.54) is 11.1 Å². The molecule has 1 aromatic heterocycles. The van der Waals surface area contributed by atoms with Crippen molar-refractivity contribution < 1.29 is 9.53 Å². The molecule has 8 nitrogen and oxygen atoms in total. The summed E-state index contributed by atoms with van der Waals surface area (Å²) in [5.74, 6) is 0.853. The zero-order chi connectivity index (χ0) is 23.7. The van der Waals surface area contributed by atoms with Gasteiger partial charge in [0.25, 0.3) is 0 Å². The van der Waals surface area contributed by atoms with Gasteiger partial charge in [0.2, 0.25) is 11.9 Å².